The standard InChI is InChI=1S/C8H9O2Si/c1-10-7-2-3-8(9)6(4-7)5-11/h2-4,9H,5H2,1H3. The zero-order valence-electron chi connectivity index (χ0n) is 6.29. The average Bonchev–Trinajstić information content (AvgIpc) is 2.05. The van der Waals surface area contributed by atoms with Crippen molar-refractivity contribution in [3.63, 3.8) is 0 Å². The predicted octanol–water partition coefficient (Wildman–Crippen LogP) is 1.07. The van der Waals surface area contributed by atoms with E-state index in [1.54, 1.807) is 25.3 Å². The molecule has 2 nitrogen and oxygen atoms in total. The van der Waals surface area contributed by atoms with E-state index in [1.807, 2.05) is 0 Å². The third-order valence-electron chi connectivity index (χ3n) is 1.48. The number of phenols is 1. The molecule has 0 aliphatic rings. The molecule has 1 N–H and O–H groups in total. The minimum Gasteiger partial charge on any atom is -0.508 e. The van der Waals surface area contributed by atoms with Crippen LogP contribution in [-0.4, -0.2) is 22.5 Å². The van der Waals surface area contributed by atoms with Crippen LogP contribution in [0.1, 0.15) is 5.56 Å². The molecule has 0 aliphatic heterocycles. The Kier molecular flexibility index (Phi) is 2.54. The molecule has 0 unspecified atom stereocenters. The summed E-state index contributed by atoms with van der Waals surface area (Å²) in [4.78, 5) is 0. The number of hydrogen-bond donors (Lipinski definition) is 1. The van der Waals surface area contributed by atoms with E-state index in [2.05, 4.69) is 10.2 Å². The molecule has 1 rings (SSSR count). The molecule has 57 valence electrons. The molecule has 0 saturated carbocycles. The molecule has 0 amide bonds. The SMILES string of the molecule is COc1ccc(O)c(C[Si])c1. The van der Waals surface area contributed by atoms with Crippen LogP contribution in [0.25, 0.3) is 0 Å². The number of ether oxygens (including phenoxy) is 1. The molecule has 1 aromatic rings. The highest BCUT2D eigenvalue weighted by atomic mass is 28.1. The summed E-state index contributed by atoms with van der Waals surface area (Å²) in [7, 11) is 4.90. The van der Waals surface area contributed by atoms with Gasteiger partial charge in [0.05, 0.1) is 7.11 Å². The maximum Gasteiger partial charge on any atom is 0.119 e. The van der Waals surface area contributed by atoms with Crippen LogP contribution in [0.3, 0.4) is 0 Å². The fraction of sp³-hybridized carbons (Fsp3) is 0.250. The molecule has 0 atom stereocenters. The van der Waals surface area contributed by atoms with Gasteiger partial charge in [-0.2, -0.15) is 0 Å². The number of hydrogen-bond acceptors (Lipinski definition) is 2. The van der Waals surface area contributed by atoms with E-state index < -0.39 is 0 Å². The lowest BCUT2D eigenvalue weighted by molar-refractivity contribution is 0.411. The fourth-order valence-electron chi connectivity index (χ4n) is 0.830. The Balaban J connectivity index is 3.02. The first kappa shape index (κ1) is 8.14. The summed E-state index contributed by atoms with van der Waals surface area (Å²) in [6.07, 6.45) is 0. The Morgan fingerprint density at radius 3 is 2.82 bits per heavy atom. The Hall–Kier alpha value is -0.963. The third-order valence-corrected chi connectivity index (χ3v) is 1.86. The number of benzene rings is 1. The second kappa shape index (κ2) is 3.43. The molecule has 3 radical (unpaired) electrons. The van der Waals surface area contributed by atoms with Crippen LogP contribution in [0.2, 0.25) is 0 Å². The van der Waals surface area contributed by atoms with Gasteiger partial charge in [0.2, 0.25) is 0 Å². The van der Waals surface area contributed by atoms with E-state index in [0.717, 1.165) is 11.3 Å². The molecule has 0 fully saturated rings. The Morgan fingerprint density at radius 2 is 2.27 bits per heavy atom. The van der Waals surface area contributed by atoms with Crippen molar-refractivity contribution in [2.75, 3.05) is 7.11 Å². The van der Waals surface area contributed by atoms with E-state index in [1.165, 1.54) is 0 Å². The van der Waals surface area contributed by atoms with Crippen LogP contribution in [0.4, 0.5) is 0 Å². The molecule has 1 aromatic carbocycles. The van der Waals surface area contributed by atoms with Gasteiger partial charge in [-0.05, 0) is 29.8 Å². The van der Waals surface area contributed by atoms with Crippen LogP contribution in [0.15, 0.2) is 18.2 Å². The van der Waals surface area contributed by atoms with E-state index >= 15 is 0 Å². The summed E-state index contributed by atoms with van der Waals surface area (Å²) < 4.78 is 4.98. The van der Waals surface area contributed by atoms with Crippen LogP contribution < -0.4 is 4.74 Å². The quantitative estimate of drug-likeness (QED) is 0.664. The van der Waals surface area contributed by atoms with Crippen molar-refractivity contribution in [2.45, 2.75) is 6.04 Å². The van der Waals surface area contributed by atoms with Crippen molar-refractivity contribution in [2.24, 2.45) is 0 Å². The Morgan fingerprint density at radius 1 is 1.55 bits per heavy atom. The lowest BCUT2D eigenvalue weighted by Gasteiger charge is -2.03. The first-order chi connectivity index (χ1) is 5.27. The Bertz CT molecular complexity index is 248. The predicted molar refractivity (Wildman–Crippen MR) is 44.1 cm³/mol. The minimum absolute atomic E-state index is 0.292. The van der Waals surface area contributed by atoms with Gasteiger partial charge >= 0.3 is 0 Å². The second-order valence-electron chi connectivity index (χ2n) is 2.17. The van der Waals surface area contributed by atoms with Crippen molar-refractivity contribution in [1.29, 1.82) is 0 Å². The van der Waals surface area contributed by atoms with Crippen LogP contribution in [0, 0.1) is 0 Å². The molecule has 0 heterocycles. The maximum atomic E-state index is 9.24. The molecule has 3 heteroatoms. The highest BCUT2D eigenvalue weighted by molar-refractivity contribution is 6.08. The lowest BCUT2D eigenvalue weighted by Crippen LogP contribution is -1.87. The zero-order valence-corrected chi connectivity index (χ0v) is 7.29. The highest BCUT2D eigenvalue weighted by Crippen LogP contribution is 2.22. The van der Waals surface area contributed by atoms with Gasteiger partial charge in [-0.1, -0.05) is 0 Å². The maximum absolute atomic E-state index is 9.24. The van der Waals surface area contributed by atoms with Crippen molar-refractivity contribution in [3.8, 4) is 11.5 Å². The van der Waals surface area contributed by atoms with E-state index in [-0.39, 0.29) is 0 Å². The van der Waals surface area contributed by atoms with Crippen molar-refractivity contribution in [1.82, 2.24) is 0 Å². The van der Waals surface area contributed by atoms with Crippen molar-refractivity contribution < 1.29 is 9.84 Å². The van der Waals surface area contributed by atoms with Gasteiger partial charge in [0.1, 0.15) is 11.5 Å². The van der Waals surface area contributed by atoms with Crippen molar-refractivity contribution >= 4 is 10.2 Å². The largest absolute Gasteiger partial charge is 0.508 e. The normalized spacial score (nSPS) is 9.64. The van der Waals surface area contributed by atoms with Gasteiger partial charge in [-0.3, -0.25) is 0 Å². The summed E-state index contributed by atoms with van der Waals surface area (Å²) in [5.41, 5.74) is 0.834. The molecule has 0 aliphatic carbocycles. The minimum atomic E-state index is 0.292. The number of phenolic OH excluding ortho intramolecular Hbond substituents is 1. The van der Waals surface area contributed by atoms with Crippen molar-refractivity contribution in [3.05, 3.63) is 23.8 Å². The van der Waals surface area contributed by atoms with Gasteiger partial charge in [0, 0.05) is 10.2 Å². The topological polar surface area (TPSA) is 29.5 Å². The highest BCUT2D eigenvalue weighted by Gasteiger charge is 1.99. The van der Waals surface area contributed by atoms with Crippen LogP contribution >= 0.6 is 0 Å². The zero-order chi connectivity index (χ0) is 8.27. The van der Waals surface area contributed by atoms with Gasteiger partial charge in [-0.15, -0.1) is 0 Å². The molecular formula is C8H9O2Si. The second-order valence-corrected chi connectivity index (χ2v) is 2.52. The summed E-state index contributed by atoms with van der Waals surface area (Å²) in [6, 6.07) is 5.76. The molecule has 0 aromatic heterocycles. The monoisotopic (exact) mass is 165 g/mol. The van der Waals surface area contributed by atoms with Gasteiger partial charge in [0.15, 0.2) is 0 Å². The summed E-state index contributed by atoms with van der Waals surface area (Å²) in [5, 5.41) is 9.24. The molecule has 0 bridgehead atoms. The molecular weight excluding hydrogens is 156 g/mol. The smallest absolute Gasteiger partial charge is 0.119 e. The summed E-state index contributed by atoms with van der Waals surface area (Å²) >= 11 is 0. The van der Waals surface area contributed by atoms with E-state index in [4.69, 9.17) is 4.74 Å². The molecule has 0 spiro atoms. The first-order valence-electron chi connectivity index (χ1n) is 3.28. The first-order valence-corrected chi connectivity index (χ1v) is 3.99. The molecule has 11 heavy (non-hydrogen) atoms. The van der Waals surface area contributed by atoms with Crippen LogP contribution in [0.5, 0.6) is 11.5 Å². The third kappa shape index (κ3) is 1.74. The summed E-state index contributed by atoms with van der Waals surface area (Å²) in [5.74, 6) is 1.05. The summed E-state index contributed by atoms with van der Waals surface area (Å²) in [6.45, 7) is 0. The number of rotatable bonds is 2. The number of aromatic hydroxyl groups is 1. The van der Waals surface area contributed by atoms with Gasteiger partial charge in [0.25, 0.3) is 0 Å². The van der Waals surface area contributed by atoms with Crippen LogP contribution in [-0.2, 0) is 6.04 Å². The fourth-order valence-corrected chi connectivity index (χ4v) is 1.11. The Labute approximate surface area is 69.2 Å². The van der Waals surface area contributed by atoms with Gasteiger partial charge in [-0.25, -0.2) is 0 Å². The lowest BCUT2D eigenvalue weighted by atomic mass is 10.2. The van der Waals surface area contributed by atoms with Gasteiger partial charge < -0.3 is 9.84 Å². The number of methoxy groups -OCH3 is 1. The van der Waals surface area contributed by atoms with E-state index in [9.17, 15) is 5.11 Å². The molecule has 0 saturated heterocycles. The van der Waals surface area contributed by atoms with E-state index in [0.29, 0.717) is 11.8 Å². The average molecular weight is 165 g/mol.